The average Bonchev–Trinajstić information content (AvgIpc) is 3.11. The van der Waals surface area contributed by atoms with Crippen molar-refractivity contribution in [1.29, 1.82) is 5.26 Å². The van der Waals surface area contributed by atoms with Crippen LogP contribution in [0.4, 0.5) is 5.69 Å². The molecule has 148 valence electrons. The quantitative estimate of drug-likeness (QED) is 0.609. The van der Waals surface area contributed by atoms with Crippen molar-refractivity contribution in [2.45, 2.75) is 26.6 Å². The first kappa shape index (κ1) is 20.1. The Hall–Kier alpha value is -3.63. The molecular weight excluding hydrogens is 372 g/mol. The number of furan rings is 1. The van der Waals surface area contributed by atoms with Crippen LogP contribution in [-0.4, -0.2) is 24.6 Å². The van der Waals surface area contributed by atoms with E-state index in [2.05, 4.69) is 5.32 Å². The minimum Gasteiger partial charge on any atom is -0.449 e. The SMILES string of the molecule is CCOCc1c(C(=O)O[C@@H](C)C(=O)Nc2ccc(C#N)cc2)oc2ccccc12. The van der Waals surface area contributed by atoms with E-state index in [4.69, 9.17) is 19.2 Å². The number of anilines is 1. The van der Waals surface area contributed by atoms with Gasteiger partial charge in [0.25, 0.3) is 5.91 Å². The molecule has 1 heterocycles. The highest BCUT2D eigenvalue weighted by Crippen LogP contribution is 2.27. The molecule has 0 aliphatic heterocycles. The summed E-state index contributed by atoms with van der Waals surface area (Å²) in [5.74, 6) is -1.21. The van der Waals surface area contributed by atoms with Gasteiger partial charge in [0.05, 0.1) is 18.2 Å². The van der Waals surface area contributed by atoms with Gasteiger partial charge in [0, 0.05) is 23.2 Å². The van der Waals surface area contributed by atoms with E-state index < -0.39 is 18.0 Å². The van der Waals surface area contributed by atoms with Crippen LogP contribution in [0.1, 0.15) is 35.5 Å². The van der Waals surface area contributed by atoms with Crippen LogP contribution in [0.2, 0.25) is 0 Å². The van der Waals surface area contributed by atoms with Crippen LogP contribution in [0.5, 0.6) is 0 Å². The molecule has 7 nitrogen and oxygen atoms in total. The Kier molecular flexibility index (Phi) is 6.27. The first-order valence-electron chi connectivity index (χ1n) is 9.13. The molecule has 0 saturated heterocycles. The maximum atomic E-state index is 12.7. The van der Waals surface area contributed by atoms with Crippen LogP contribution >= 0.6 is 0 Å². The third-order valence-corrected chi connectivity index (χ3v) is 4.27. The van der Waals surface area contributed by atoms with Crippen molar-refractivity contribution in [2.75, 3.05) is 11.9 Å². The van der Waals surface area contributed by atoms with Crippen molar-refractivity contribution in [2.24, 2.45) is 0 Å². The van der Waals surface area contributed by atoms with Gasteiger partial charge in [0.2, 0.25) is 5.76 Å². The van der Waals surface area contributed by atoms with Crippen LogP contribution in [0.15, 0.2) is 52.9 Å². The van der Waals surface area contributed by atoms with Gasteiger partial charge in [-0.25, -0.2) is 4.79 Å². The number of esters is 1. The first-order chi connectivity index (χ1) is 14.0. The van der Waals surface area contributed by atoms with Crippen molar-refractivity contribution < 1.29 is 23.5 Å². The molecule has 1 N–H and O–H groups in total. The van der Waals surface area contributed by atoms with Crippen LogP contribution in [-0.2, 0) is 20.9 Å². The lowest BCUT2D eigenvalue weighted by molar-refractivity contribution is -0.123. The van der Waals surface area contributed by atoms with E-state index in [0.29, 0.717) is 29.0 Å². The van der Waals surface area contributed by atoms with Gasteiger partial charge in [-0.2, -0.15) is 5.26 Å². The van der Waals surface area contributed by atoms with Crippen LogP contribution in [0, 0.1) is 11.3 Å². The van der Waals surface area contributed by atoms with Gasteiger partial charge in [0.15, 0.2) is 6.10 Å². The predicted octanol–water partition coefficient (Wildman–Crippen LogP) is 4.02. The zero-order chi connectivity index (χ0) is 20.8. The normalized spacial score (nSPS) is 11.6. The summed E-state index contributed by atoms with van der Waals surface area (Å²) in [6.45, 7) is 4.01. The first-order valence-corrected chi connectivity index (χ1v) is 9.13. The largest absolute Gasteiger partial charge is 0.449 e. The Bertz CT molecular complexity index is 1060. The highest BCUT2D eigenvalue weighted by Gasteiger charge is 2.26. The van der Waals surface area contributed by atoms with E-state index in [1.165, 1.54) is 6.92 Å². The molecule has 1 aromatic heterocycles. The molecule has 0 unspecified atom stereocenters. The summed E-state index contributed by atoms with van der Waals surface area (Å²) in [6, 6.07) is 15.6. The molecule has 0 spiro atoms. The molecule has 1 atom stereocenters. The Morgan fingerprint density at radius 2 is 1.90 bits per heavy atom. The third-order valence-electron chi connectivity index (χ3n) is 4.27. The second-order valence-electron chi connectivity index (χ2n) is 6.27. The van der Waals surface area contributed by atoms with Crippen LogP contribution < -0.4 is 5.32 Å². The van der Waals surface area contributed by atoms with Gasteiger partial charge in [-0.15, -0.1) is 0 Å². The number of carbonyl (C=O) groups excluding carboxylic acids is 2. The van der Waals surface area contributed by atoms with Gasteiger partial charge in [0.1, 0.15) is 5.58 Å². The number of fused-ring (bicyclic) bond motifs is 1. The standard InChI is InChI=1S/C22H20N2O5/c1-3-27-13-18-17-6-4-5-7-19(17)29-20(18)22(26)28-14(2)21(25)24-16-10-8-15(12-23)9-11-16/h4-11,14H,3,13H2,1-2H3,(H,24,25)/t14-/m0/s1. The smallest absolute Gasteiger partial charge is 0.375 e. The molecule has 2 aromatic carbocycles. The monoisotopic (exact) mass is 392 g/mol. The second-order valence-corrected chi connectivity index (χ2v) is 6.27. The lowest BCUT2D eigenvalue weighted by Crippen LogP contribution is -2.30. The molecule has 3 aromatic rings. The molecule has 0 bridgehead atoms. The number of amides is 1. The number of para-hydroxylation sites is 1. The summed E-state index contributed by atoms with van der Waals surface area (Å²) in [6.07, 6.45) is -1.05. The zero-order valence-corrected chi connectivity index (χ0v) is 16.1. The van der Waals surface area contributed by atoms with Gasteiger partial charge in [-0.3, -0.25) is 4.79 Å². The van der Waals surface area contributed by atoms with Crippen LogP contribution in [0.3, 0.4) is 0 Å². The van der Waals surface area contributed by atoms with Crippen molar-refractivity contribution in [1.82, 2.24) is 0 Å². The molecule has 0 saturated carbocycles. The maximum Gasteiger partial charge on any atom is 0.375 e. The molecule has 7 heteroatoms. The molecule has 0 aliphatic carbocycles. The van der Waals surface area contributed by atoms with Gasteiger partial charge in [-0.1, -0.05) is 18.2 Å². The minimum absolute atomic E-state index is 0.0256. The second kappa shape index (κ2) is 9.04. The summed E-state index contributed by atoms with van der Waals surface area (Å²) in [4.78, 5) is 25.0. The fraction of sp³-hybridized carbons (Fsp3) is 0.227. The lowest BCUT2D eigenvalue weighted by atomic mass is 10.1. The summed E-state index contributed by atoms with van der Waals surface area (Å²) in [7, 11) is 0. The van der Waals surface area contributed by atoms with Crippen molar-refractivity contribution in [3.8, 4) is 6.07 Å². The molecule has 0 fully saturated rings. The highest BCUT2D eigenvalue weighted by atomic mass is 16.6. The van der Waals surface area contributed by atoms with E-state index >= 15 is 0 Å². The minimum atomic E-state index is -1.05. The molecular formula is C22H20N2O5. The molecule has 0 radical (unpaired) electrons. The molecule has 3 rings (SSSR count). The Morgan fingerprint density at radius 1 is 1.17 bits per heavy atom. The van der Waals surface area contributed by atoms with E-state index in [0.717, 1.165) is 5.39 Å². The number of rotatable bonds is 7. The summed E-state index contributed by atoms with van der Waals surface area (Å²) in [5, 5.41) is 12.2. The summed E-state index contributed by atoms with van der Waals surface area (Å²) in [5.41, 5.74) is 2.11. The van der Waals surface area contributed by atoms with E-state index in [1.807, 2.05) is 25.1 Å². The van der Waals surface area contributed by atoms with Gasteiger partial charge >= 0.3 is 5.97 Å². The summed E-state index contributed by atoms with van der Waals surface area (Å²) < 4.78 is 16.4. The summed E-state index contributed by atoms with van der Waals surface area (Å²) >= 11 is 0. The van der Waals surface area contributed by atoms with Crippen molar-refractivity contribution in [3.05, 3.63) is 65.4 Å². The van der Waals surface area contributed by atoms with E-state index in [-0.39, 0.29) is 12.4 Å². The third kappa shape index (κ3) is 4.62. The number of nitriles is 1. The molecule has 0 aliphatic rings. The molecule has 29 heavy (non-hydrogen) atoms. The number of ether oxygens (including phenoxy) is 2. The fourth-order valence-electron chi connectivity index (χ4n) is 2.75. The number of hydrogen-bond acceptors (Lipinski definition) is 6. The number of benzene rings is 2. The topological polar surface area (TPSA) is 102 Å². The van der Waals surface area contributed by atoms with Gasteiger partial charge in [-0.05, 0) is 44.2 Å². The van der Waals surface area contributed by atoms with E-state index in [1.54, 1.807) is 36.4 Å². The highest BCUT2D eigenvalue weighted by molar-refractivity contribution is 5.99. The van der Waals surface area contributed by atoms with Gasteiger partial charge < -0.3 is 19.2 Å². The Balaban J connectivity index is 1.73. The Morgan fingerprint density at radius 3 is 2.59 bits per heavy atom. The maximum absolute atomic E-state index is 12.7. The van der Waals surface area contributed by atoms with Crippen molar-refractivity contribution >= 4 is 28.5 Å². The number of hydrogen-bond donors (Lipinski definition) is 1. The number of nitrogens with zero attached hydrogens (tertiary/aromatic N) is 1. The number of nitrogens with one attached hydrogen (secondary N) is 1. The zero-order valence-electron chi connectivity index (χ0n) is 16.1. The molecule has 1 amide bonds. The van der Waals surface area contributed by atoms with Crippen molar-refractivity contribution in [3.63, 3.8) is 0 Å². The van der Waals surface area contributed by atoms with E-state index in [9.17, 15) is 9.59 Å². The lowest BCUT2D eigenvalue weighted by Gasteiger charge is -2.13. The predicted molar refractivity (Wildman–Crippen MR) is 106 cm³/mol. The average molecular weight is 392 g/mol. The van der Waals surface area contributed by atoms with Crippen LogP contribution in [0.25, 0.3) is 11.0 Å². The number of carbonyl (C=O) groups is 2. The Labute approximate surface area is 167 Å². The fourth-order valence-corrected chi connectivity index (χ4v) is 2.75.